The quantitative estimate of drug-likeness (QED) is 0.676. The van der Waals surface area contributed by atoms with E-state index in [-0.39, 0.29) is 29.3 Å². The molecule has 0 heterocycles. The highest BCUT2D eigenvalue weighted by atomic mass is 16.2. The Morgan fingerprint density at radius 2 is 1.86 bits per heavy atom. The number of carbonyl (C=O) groups is 2. The van der Waals surface area contributed by atoms with E-state index in [9.17, 15) is 9.59 Å². The van der Waals surface area contributed by atoms with Gasteiger partial charge in [-0.25, -0.2) is 0 Å². The topological polar surface area (TPSA) is 58.2 Å². The second kappa shape index (κ2) is 3.59. The average molecular weight is 198 g/mol. The molecular weight excluding hydrogens is 180 g/mol. The normalized spacial score (nSPS) is 25.4. The Morgan fingerprint density at radius 1 is 1.29 bits per heavy atom. The Bertz CT molecular complexity index is 255. The molecule has 2 N–H and O–H groups in total. The second-order valence-electron chi connectivity index (χ2n) is 4.89. The monoisotopic (exact) mass is 198 g/mol. The first-order valence-electron chi connectivity index (χ1n) is 4.89. The summed E-state index contributed by atoms with van der Waals surface area (Å²) in [6, 6.07) is 0.0508. The SMILES string of the molecule is CC(=O)NC1CC1C(=O)NC(C)(C)C. The van der Waals surface area contributed by atoms with Crippen molar-refractivity contribution in [1.82, 2.24) is 10.6 Å². The van der Waals surface area contributed by atoms with Gasteiger partial charge in [-0.3, -0.25) is 9.59 Å². The molecule has 0 aliphatic heterocycles. The van der Waals surface area contributed by atoms with Crippen LogP contribution in [0.15, 0.2) is 0 Å². The van der Waals surface area contributed by atoms with Gasteiger partial charge in [-0.15, -0.1) is 0 Å². The van der Waals surface area contributed by atoms with E-state index in [0.29, 0.717) is 0 Å². The summed E-state index contributed by atoms with van der Waals surface area (Å²) in [5.74, 6) is -0.0598. The van der Waals surface area contributed by atoms with E-state index >= 15 is 0 Å². The van der Waals surface area contributed by atoms with Gasteiger partial charge in [-0.1, -0.05) is 0 Å². The molecule has 0 aromatic carbocycles. The lowest BCUT2D eigenvalue weighted by atomic mass is 10.1. The van der Waals surface area contributed by atoms with Crippen molar-refractivity contribution < 1.29 is 9.59 Å². The van der Waals surface area contributed by atoms with Crippen molar-refractivity contribution in [2.45, 2.75) is 45.7 Å². The molecule has 0 bridgehead atoms. The van der Waals surface area contributed by atoms with Gasteiger partial charge in [0.1, 0.15) is 0 Å². The van der Waals surface area contributed by atoms with Crippen molar-refractivity contribution in [1.29, 1.82) is 0 Å². The van der Waals surface area contributed by atoms with Gasteiger partial charge in [-0.2, -0.15) is 0 Å². The zero-order valence-electron chi connectivity index (χ0n) is 9.18. The third-order valence-corrected chi connectivity index (χ3v) is 2.01. The number of carbonyl (C=O) groups excluding carboxylic acids is 2. The molecule has 1 rings (SSSR count). The molecule has 0 spiro atoms. The molecule has 0 saturated heterocycles. The first kappa shape index (κ1) is 11.0. The lowest BCUT2D eigenvalue weighted by molar-refractivity contribution is -0.124. The van der Waals surface area contributed by atoms with Crippen LogP contribution in [0.4, 0.5) is 0 Å². The lowest BCUT2D eigenvalue weighted by Crippen LogP contribution is -2.42. The van der Waals surface area contributed by atoms with Crippen LogP contribution < -0.4 is 10.6 Å². The number of hydrogen-bond donors (Lipinski definition) is 2. The first-order chi connectivity index (χ1) is 6.29. The van der Waals surface area contributed by atoms with Gasteiger partial charge in [0.15, 0.2) is 0 Å². The minimum atomic E-state index is -0.194. The summed E-state index contributed by atoms with van der Waals surface area (Å²) in [6.45, 7) is 7.30. The summed E-state index contributed by atoms with van der Waals surface area (Å²) in [4.78, 5) is 22.3. The minimum Gasteiger partial charge on any atom is -0.353 e. The highest BCUT2D eigenvalue weighted by molar-refractivity contribution is 5.84. The summed E-state index contributed by atoms with van der Waals surface area (Å²) in [5, 5.41) is 5.63. The molecule has 1 aliphatic rings. The maximum atomic E-state index is 11.6. The van der Waals surface area contributed by atoms with Crippen molar-refractivity contribution in [3.8, 4) is 0 Å². The fourth-order valence-electron chi connectivity index (χ4n) is 1.37. The maximum absolute atomic E-state index is 11.6. The van der Waals surface area contributed by atoms with Crippen LogP contribution in [0, 0.1) is 5.92 Å². The molecule has 4 nitrogen and oxygen atoms in total. The zero-order valence-corrected chi connectivity index (χ0v) is 9.18. The summed E-state index contributed by atoms with van der Waals surface area (Å²) in [5.41, 5.74) is -0.194. The average Bonchev–Trinajstić information content (AvgIpc) is 2.61. The van der Waals surface area contributed by atoms with Crippen LogP contribution in [-0.4, -0.2) is 23.4 Å². The van der Waals surface area contributed by atoms with Crippen LogP contribution in [0.1, 0.15) is 34.1 Å². The molecule has 80 valence electrons. The summed E-state index contributed by atoms with van der Waals surface area (Å²) in [7, 11) is 0. The summed E-state index contributed by atoms with van der Waals surface area (Å²) < 4.78 is 0. The van der Waals surface area contributed by atoms with E-state index in [4.69, 9.17) is 0 Å². The number of nitrogens with one attached hydrogen (secondary N) is 2. The number of amides is 2. The largest absolute Gasteiger partial charge is 0.353 e. The molecule has 2 amide bonds. The molecule has 1 saturated carbocycles. The van der Waals surface area contributed by atoms with Gasteiger partial charge < -0.3 is 10.6 Å². The molecule has 1 aliphatic carbocycles. The van der Waals surface area contributed by atoms with Crippen molar-refractivity contribution in [3.63, 3.8) is 0 Å². The predicted molar refractivity (Wildman–Crippen MR) is 53.6 cm³/mol. The molecule has 0 aromatic heterocycles. The fourth-order valence-corrected chi connectivity index (χ4v) is 1.37. The predicted octanol–water partition coefficient (Wildman–Crippen LogP) is 0.426. The van der Waals surface area contributed by atoms with Crippen LogP contribution in [-0.2, 0) is 9.59 Å². The van der Waals surface area contributed by atoms with Gasteiger partial charge >= 0.3 is 0 Å². The first-order valence-corrected chi connectivity index (χ1v) is 4.89. The van der Waals surface area contributed by atoms with E-state index in [0.717, 1.165) is 6.42 Å². The highest BCUT2D eigenvalue weighted by Gasteiger charge is 2.44. The molecule has 0 aromatic rings. The fraction of sp³-hybridized carbons (Fsp3) is 0.800. The molecule has 2 unspecified atom stereocenters. The van der Waals surface area contributed by atoms with Crippen LogP contribution >= 0.6 is 0 Å². The Kier molecular flexibility index (Phi) is 2.83. The van der Waals surface area contributed by atoms with E-state index in [1.54, 1.807) is 0 Å². The van der Waals surface area contributed by atoms with Crippen LogP contribution in [0.3, 0.4) is 0 Å². The Balaban J connectivity index is 2.33. The minimum absolute atomic E-state index is 0.0295. The van der Waals surface area contributed by atoms with Gasteiger partial charge in [0.25, 0.3) is 0 Å². The Hall–Kier alpha value is -1.06. The standard InChI is InChI=1S/C10H18N2O2/c1-6(13)11-8-5-7(8)9(14)12-10(2,3)4/h7-8H,5H2,1-4H3,(H,11,13)(H,12,14). The molecule has 14 heavy (non-hydrogen) atoms. The van der Waals surface area contributed by atoms with Crippen LogP contribution in [0.2, 0.25) is 0 Å². The molecular formula is C10H18N2O2. The third kappa shape index (κ3) is 3.36. The summed E-state index contributed by atoms with van der Waals surface area (Å²) in [6.07, 6.45) is 0.765. The van der Waals surface area contributed by atoms with E-state index in [1.807, 2.05) is 20.8 Å². The molecule has 1 fully saturated rings. The van der Waals surface area contributed by atoms with Crippen molar-refractivity contribution in [2.75, 3.05) is 0 Å². The third-order valence-electron chi connectivity index (χ3n) is 2.01. The van der Waals surface area contributed by atoms with Gasteiger partial charge in [-0.05, 0) is 27.2 Å². The van der Waals surface area contributed by atoms with Gasteiger partial charge in [0.2, 0.25) is 11.8 Å². The zero-order chi connectivity index (χ0) is 10.9. The Labute approximate surface area is 84.4 Å². The van der Waals surface area contributed by atoms with Crippen molar-refractivity contribution in [3.05, 3.63) is 0 Å². The molecule has 0 radical (unpaired) electrons. The number of hydrogen-bond acceptors (Lipinski definition) is 2. The second-order valence-corrected chi connectivity index (χ2v) is 4.89. The van der Waals surface area contributed by atoms with E-state index in [2.05, 4.69) is 10.6 Å². The Morgan fingerprint density at radius 3 is 2.29 bits per heavy atom. The lowest BCUT2D eigenvalue weighted by Gasteiger charge is -2.20. The van der Waals surface area contributed by atoms with Gasteiger partial charge in [0, 0.05) is 18.5 Å². The van der Waals surface area contributed by atoms with Crippen molar-refractivity contribution in [2.24, 2.45) is 5.92 Å². The van der Waals surface area contributed by atoms with Gasteiger partial charge in [0.05, 0.1) is 5.92 Å². The molecule has 2 atom stereocenters. The van der Waals surface area contributed by atoms with Crippen molar-refractivity contribution >= 4 is 11.8 Å². The van der Waals surface area contributed by atoms with Crippen LogP contribution in [0.5, 0.6) is 0 Å². The summed E-state index contributed by atoms with van der Waals surface area (Å²) >= 11 is 0. The highest BCUT2D eigenvalue weighted by Crippen LogP contribution is 2.30. The van der Waals surface area contributed by atoms with E-state index < -0.39 is 0 Å². The smallest absolute Gasteiger partial charge is 0.225 e. The molecule has 4 heteroatoms. The van der Waals surface area contributed by atoms with E-state index in [1.165, 1.54) is 6.92 Å². The maximum Gasteiger partial charge on any atom is 0.225 e. The number of rotatable bonds is 2. The van der Waals surface area contributed by atoms with Crippen LogP contribution in [0.25, 0.3) is 0 Å².